The van der Waals surface area contributed by atoms with Gasteiger partial charge in [0.25, 0.3) is 0 Å². The van der Waals surface area contributed by atoms with Crippen LogP contribution in [0, 0.1) is 5.82 Å². The van der Waals surface area contributed by atoms with Gasteiger partial charge in [-0.1, -0.05) is 19.1 Å². The van der Waals surface area contributed by atoms with Crippen LogP contribution in [0.5, 0.6) is 5.75 Å². The zero-order valence-corrected chi connectivity index (χ0v) is 15.4. The van der Waals surface area contributed by atoms with Gasteiger partial charge in [-0.3, -0.25) is 4.79 Å². The first-order chi connectivity index (χ1) is 12.5. The second kappa shape index (κ2) is 7.61. The maximum Gasteiger partial charge on any atom is 0.247 e. The number of hydrogen-bond acceptors (Lipinski definition) is 6. The number of nitrogens with zero attached hydrogens (tertiary/aromatic N) is 4. The van der Waals surface area contributed by atoms with E-state index >= 15 is 0 Å². The third-order valence-corrected chi connectivity index (χ3v) is 4.41. The minimum atomic E-state index is -0.462. The quantitative estimate of drug-likeness (QED) is 0.715. The summed E-state index contributed by atoms with van der Waals surface area (Å²) in [5.41, 5.74) is 2.02. The second-order valence-electron chi connectivity index (χ2n) is 5.93. The number of amides is 1. The van der Waals surface area contributed by atoms with Crippen molar-refractivity contribution in [3.05, 3.63) is 41.3 Å². The van der Waals surface area contributed by atoms with Crippen molar-refractivity contribution in [3.8, 4) is 17.0 Å². The predicted octanol–water partition coefficient (Wildman–Crippen LogP) is 3.31. The van der Waals surface area contributed by atoms with Gasteiger partial charge in [0.05, 0.1) is 18.5 Å². The molecule has 26 heavy (non-hydrogen) atoms. The molecule has 0 fully saturated rings. The molecule has 2 heterocycles. The average molecular weight is 375 g/mol. The largest absolute Gasteiger partial charge is 0.494 e. The van der Waals surface area contributed by atoms with Crippen LogP contribution in [0.25, 0.3) is 11.3 Å². The lowest BCUT2D eigenvalue weighted by Crippen LogP contribution is -2.19. The molecule has 136 valence electrons. The molecule has 1 amide bonds. The Hall–Kier alpha value is -2.81. The van der Waals surface area contributed by atoms with E-state index in [0.717, 1.165) is 5.69 Å². The van der Waals surface area contributed by atoms with Crippen molar-refractivity contribution in [2.75, 3.05) is 12.4 Å². The van der Waals surface area contributed by atoms with Crippen molar-refractivity contribution in [3.63, 3.8) is 0 Å². The molecule has 0 bridgehead atoms. The van der Waals surface area contributed by atoms with Crippen LogP contribution >= 0.6 is 11.3 Å². The van der Waals surface area contributed by atoms with Gasteiger partial charge in [-0.2, -0.15) is 0 Å². The van der Waals surface area contributed by atoms with E-state index in [1.54, 1.807) is 23.7 Å². The molecule has 7 nitrogen and oxygen atoms in total. The summed E-state index contributed by atoms with van der Waals surface area (Å²) in [4.78, 5) is 16.5. The Morgan fingerprint density at radius 1 is 1.42 bits per heavy atom. The molecule has 1 N–H and O–H groups in total. The fourth-order valence-electron chi connectivity index (χ4n) is 2.25. The summed E-state index contributed by atoms with van der Waals surface area (Å²) >= 11 is 1.27. The van der Waals surface area contributed by atoms with Crippen molar-refractivity contribution >= 4 is 22.4 Å². The summed E-state index contributed by atoms with van der Waals surface area (Å²) in [7, 11) is 1.41. The number of aromatic nitrogens is 4. The fraction of sp³-hybridized carbons (Fsp3) is 0.294. The van der Waals surface area contributed by atoms with Gasteiger partial charge in [-0.25, -0.2) is 14.1 Å². The Bertz CT molecular complexity index is 922. The predicted molar refractivity (Wildman–Crippen MR) is 96.8 cm³/mol. The minimum Gasteiger partial charge on any atom is -0.494 e. The summed E-state index contributed by atoms with van der Waals surface area (Å²) in [6, 6.07) is 4.60. The number of carbonyl (C=O) groups is 1. The van der Waals surface area contributed by atoms with Crippen LogP contribution in [0.4, 0.5) is 9.52 Å². The van der Waals surface area contributed by atoms with Crippen molar-refractivity contribution < 1.29 is 13.9 Å². The van der Waals surface area contributed by atoms with Crippen LogP contribution in [-0.2, 0) is 11.3 Å². The Labute approximate surface area is 153 Å². The minimum absolute atomic E-state index is 0.0474. The van der Waals surface area contributed by atoms with Gasteiger partial charge in [-0.05, 0) is 24.1 Å². The van der Waals surface area contributed by atoms with Gasteiger partial charge in [0, 0.05) is 17.1 Å². The first-order valence-electron chi connectivity index (χ1n) is 7.95. The maximum atomic E-state index is 13.8. The summed E-state index contributed by atoms with van der Waals surface area (Å²) in [6.45, 7) is 4.06. The van der Waals surface area contributed by atoms with Gasteiger partial charge in [0.2, 0.25) is 5.91 Å². The molecule has 3 aromatic rings. The highest BCUT2D eigenvalue weighted by Gasteiger charge is 2.12. The number of nitrogens with one attached hydrogen (secondary N) is 1. The van der Waals surface area contributed by atoms with E-state index in [1.165, 1.54) is 29.2 Å². The monoisotopic (exact) mass is 375 g/mol. The third-order valence-electron chi connectivity index (χ3n) is 3.65. The van der Waals surface area contributed by atoms with E-state index in [-0.39, 0.29) is 24.1 Å². The van der Waals surface area contributed by atoms with Crippen molar-refractivity contribution in [1.29, 1.82) is 0 Å². The molecular weight excluding hydrogens is 357 g/mol. The Balaban J connectivity index is 1.66. The summed E-state index contributed by atoms with van der Waals surface area (Å²) in [5.74, 6) is -0.299. The van der Waals surface area contributed by atoms with E-state index in [0.29, 0.717) is 16.4 Å². The lowest BCUT2D eigenvalue weighted by molar-refractivity contribution is -0.116. The van der Waals surface area contributed by atoms with Crippen LogP contribution in [0.3, 0.4) is 0 Å². The fourth-order valence-corrected chi connectivity index (χ4v) is 2.99. The number of carbonyl (C=O) groups excluding carboxylic acids is 1. The van der Waals surface area contributed by atoms with E-state index < -0.39 is 5.82 Å². The number of methoxy groups -OCH3 is 1. The summed E-state index contributed by atoms with van der Waals surface area (Å²) in [5, 5.41) is 12.9. The summed E-state index contributed by atoms with van der Waals surface area (Å²) < 4.78 is 20.2. The maximum absolute atomic E-state index is 13.8. The number of rotatable bonds is 6. The van der Waals surface area contributed by atoms with Crippen LogP contribution in [-0.4, -0.2) is 33.0 Å². The molecule has 0 spiro atoms. The van der Waals surface area contributed by atoms with E-state index in [9.17, 15) is 9.18 Å². The van der Waals surface area contributed by atoms with Crippen LogP contribution in [0.15, 0.2) is 29.8 Å². The molecule has 0 atom stereocenters. The highest BCUT2D eigenvalue weighted by Crippen LogP contribution is 2.28. The normalized spacial score (nSPS) is 11.0. The molecule has 3 rings (SSSR count). The smallest absolute Gasteiger partial charge is 0.247 e. The molecule has 0 unspecified atom stereocenters. The molecule has 0 saturated heterocycles. The number of anilines is 1. The van der Waals surface area contributed by atoms with E-state index in [4.69, 9.17) is 4.74 Å². The molecule has 2 aromatic heterocycles. The molecule has 1 aromatic carbocycles. The Morgan fingerprint density at radius 2 is 2.23 bits per heavy atom. The number of hydrogen-bond donors (Lipinski definition) is 1. The van der Waals surface area contributed by atoms with Crippen molar-refractivity contribution in [1.82, 2.24) is 20.0 Å². The van der Waals surface area contributed by atoms with Gasteiger partial charge in [-0.15, -0.1) is 16.4 Å². The standard InChI is InChI=1S/C17H18FN5O2S/c1-10(2)13-7-23(22-21-13)8-16(24)20-17-19-14(9-26-17)11-4-5-15(25-3)12(18)6-11/h4-7,9-10H,8H2,1-3H3,(H,19,20,24). The molecule has 0 radical (unpaired) electrons. The van der Waals surface area contributed by atoms with Crippen LogP contribution in [0.1, 0.15) is 25.5 Å². The number of halogens is 1. The average Bonchev–Trinajstić information content (AvgIpc) is 3.24. The number of thiazole rings is 1. The van der Waals surface area contributed by atoms with E-state index in [2.05, 4.69) is 20.6 Å². The van der Waals surface area contributed by atoms with Crippen LogP contribution in [0.2, 0.25) is 0 Å². The lowest BCUT2D eigenvalue weighted by Gasteiger charge is -2.03. The molecule has 9 heteroatoms. The number of ether oxygens (including phenoxy) is 1. The lowest BCUT2D eigenvalue weighted by atomic mass is 10.1. The van der Waals surface area contributed by atoms with Crippen molar-refractivity contribution in [2.45, 2.75) is 26.3 Å². The molecule has 0 saturated carbocycles. The molecular formula is C17H18FN5O2S. The van der Waals surface area contributed by atoms with Crippen LogP contribution < -0.4 is 10.1 Å². The molecule has 0 aliphatic carbocycles. The first kappa shape index (κ1) is 18.0. The third kappa shape index (κ3) is 4.05. The van der Waals surface area contributed by atoms with Gasteiger partial charge in [0.15, 0.2) is 16.7 Å². The first-order valence-corrected chi connectivity index (χ1v) is 8.83. The zero-order valence-electron chi connectivity index (χ0n) is 14.6. The highest BCUT2D eigenvalue weighted by atomic mass is 32.1. The zero-order chi connectivity index (χ0) is 18.7. The van der Waals surface area contributed by atoms with Gasteiger partial charge >= 0.3 is 0 Å². The van der Waals surface area contributed by atoms with Gasteiger partial charge < -0.3 is 10.1 Å². The molecule has 0 aliphatic heterocycles. The molecule has 0 aliphatic rings. The number of benzene rings is 1. The Morgan fingerprint density at radius 3 is 2.88 bits per heavy atom. The Kier molecular flexibility index (Phi) is 5.27. The highest BCUT2D eigenvalue weighted by molar-refractivity contribution is 7.14. The van der Waals surface area contributed by atoms with Crippen molar-refractivity contribution in [2.24, 2.45) is 0 Å². The SMILES string of the molecule is COc1ccc(-c2csc(NC(=O)Cn3cc(C(C)C)nn3)n2)cc1F. The second-order valence-corrected chi connectivity index (χ2v) is 6.79. The topological polar surface area (TPSA) is 81.9 Å². The summed E-state index contributed by atoms with van der Waals surface area (Å²) in [6.07, 6.45) is 1.75. The van der Waals surface area contributed by atoms with Gasteiger partial charge in [0.1, 0.15) is 6.54 Å². The van der Waals surface area contributed by atoms with E-state index in [1.807, 2.05) is 13.8 Å².